The molecule has 0 saturated heterocycles. The molecule has 0 heterocycles. The third-order valence-electron chi connectivity index (χ3n) is 4.15. The molecule has 2 atom stereocenters. The topological polar surface area (TPSA) is 58.2 Å². The van der Waals surface area contributed by atoms with Crippen LogP contribution in [-0.2, 0) is 9.59 Å². The molecule has 2 N–H and O–H groups in total. The van der Waals surface area contributed by atoms with Gasteiger partial charge in [0, 0.05) is 47.9 Å². The third kappa shape index (κ3) is 10.1. The van der Waals surface area contributed by atoms with Gasteiger partial charge in [0.05, 0.1) is 0 Å². The average molecular weight is 393 g/mol. The molecule has 0 spiro atoms. The lowest BCUT2D eigenvalue weighted by atomic mass is 9.99. The minimum absolute atomic E-state index is 0.130. The second-order valence-electron chi connectivity index (χ2n) is 6.01. The van der Waals surface area contributed by atoms with Gasteiger partial charge >= 0.3 is 0 Å². The second-order valence-corrected chi connectivity index (χ2v) is 9.42. The van der Waals surface area contributed by atoms with Crippen molar-refractivity contribution in [1.29, 1.82) is 0 Å². The van der Waals surface area contributed by atoms with Gasteiger partial charge in [-0.2, -0.15) is 35.3 Å². The quantitative estimate of drug-likeness (QED) is 0.445. The Morgan fingerprint density at radius 3 is 1.96 bits per heavy atom. The molecule has 0 aliphatic heterocycles. The predicted molar refractivity (Wildman–Crippen MR) is 110 cm³/mol. The van der Waals surface area contributed by atoms with Crippen LogP contribution in [-0.4, -0.2) is 59.4 Å². The van der Waals surface area contributed by atoms with E-state index in [2.05, 4.69) is 16.9 Å². The summed E-state index contributed by atoms with van der Waals surface area (Å²) in [6.07, 6.45) is 10.7. The van der Waals surface area contributed by atoms with Crippen LogP contribution in [0.15, 0.2) is 0 Å². The van der Waals surface area contributed by atoms with Gasteiger partial charge in [0.1, 0.15) is 0 Å². The number of thioether (sulfide) groups is 3. The largest absolute Gasteiger partial charge is 0.355 e. The van der Waals surface area contributed by atoms with Gasteiger partial charge in [-0.1, -0.05) is 6.42 Å². The van der Waals surface area contributed by atoms with Crippen LogP contribution in [0, 0.1) is 0 Å². The molecule has 1 fully saturated rings. The van der Waals surface area contributed by atoms with E-state index in [0.717, 1.165) is 54.4 Å². The smallest absolute Gasteiger partial charge is 0.220 e. The molecule has 1 saturated carbocycles. The van der Waals surface area contributed by atoms with Gasteiger partial charge in [0.2, 0.25) is 11.8 Å². The number of unbranched alkanes of at least 4 members (excludes halogenated alkanes) is 2. The molecule has 140 valence electrons. The van der Waals surface area contributed by atoms with Crippen LogP contribution < -0.4 is 10.6 Å². The van der Waals surface area contributed by atoms with Gasteiger partial charge in [-0.3, -0.25) is 9.59 Å². The fourth-order valence-corrected chi connectivity index (χ4v) is 5.38. The Morgan fingerprint density at radius 2 is 1.46 bits per heavy atom. The minimum Gasteiger partial charge on any atom is -0.355 e. The molecule has 1 aliphatic rings. The number of carbonyl (C=O) groups excluding carboxylic acids is 2. The van der Waals surface area contributed by atoms with Crippen LogP contribution in [0.5, 0.6) is 0 Å². The first-order valence-electron chi connectivity index (χ1n) is 8.84. The first kappa shape index (κ1) is 22.0. The van der Waals surface area contributed by atoms with Crippen molar-refractivity contribution < 1.29 is 9.59 Å². The highest BCUT2D eigenvalue weighted by atomic mass is 32.2. The Kier molecular flexibility index (Phi) is 13.0. The number of hydrogen-bond acceptors (Lipinski definition) is 5. The molecule has 0 bridgehead atoms. The Balaban J connectivity index is 1.87. The number of rotatable bonds is 14. The van der Waals surface area contributed by atoms with Crippen LogP contribution in [0.25, 0.3) is 0 Å². The molecule has 1 rings (SSSR count). The monoisotopic (exact) mass is 392 g/mol. The molecule has 0 aromatic carbocycles. The normalized spacial score (nSPS) is 19.6. The van der Waals surface area contributed by atoms with E-state index in [1.165, 1.54) is 12.8 Å². The third-order valence-corrected chi connectivity index (χ3v) is 7.53. The summed E-state index contributed by atoms with van der Waals surface area (Å²) in [6, 6.07) is 0. The van der Waals surface area contributed by atoms with Crippen molar-refractivity contribution in [1.82, 2.24) is 10.6 Å². The SMILES string of the molecule is CSCCNC(=O)CCCCCC(=O)NCCSC1CCC1SC. The summed E-state index contributed by atoms with van der Waals surface area (Å²) in [5.74, 6) is 2.26. The van der Waals surface area contributed by atoms with E-state index in [0.29, 0.717) is 12.8 Å². The summed E-state index contributed by atoms with van der Waals surface area (Å²) in [5, 5.41) is 7.52. The zero-order valence-electron chi connectivity index (χ0n) is 15.0. The Bertz CT molecular complexity index is 368. The Morgan fingerprint density at radius 1 is 0.875 bits per heavy atom. The van der Waals surface area contributed by atoms with Gasteiger partial charge in [0.15, 0.2) is 0 Å². The van der Waals surface area contributed by atoms with Crippen LogP contribution in [0.4, 0.5) is 0 Å². The van der Waals surface area contributed by atoms with Crippen molar-refractivity contribution in [2.45, 2.75) is 55.4 Å². The van der Waals surface area contributed by atoms with Gasteiger partial charge in [-0.05, 0) is 38.2 Å². The fourth-order valence-electron chi connectivity index (χ4n) is 2.52. The summed E-state index contributed by atoms with van der Waals surface area (Å²) in [5.41, 5.74) is 0. The lowest BCUT2D eigenvalue weighted by molar-refractivity contribution is -0.121. The zero-order valence-corrected chi connectivity index (χ0v) is 17.4. The maximum Gasteiger partial charge on any atom is 0.220 e. The fraction of sp³-hybridized carbons (Fsp3) is 0.882. The van der Waals surface area contributed by atoms with E-state index in [9.17, 15) is 9.59 Å². The van der Waals surface area contributed by atoms with Crippen LogP contribution in [0.3, 0.4) is 0 Å². The number of carbonyl (C=O) groups is 2. The first-order chi connectivity index (χ1) is 11.7. The van der Waals surface area contributed by atoms with E-state index in [-0.39, 0.29) is 11.8 Å². The molecular formula is C17H32N2O2S3. The van der Waals surface area contributed by atoms with Crippen molar-refractivity contribution in [2.24, 2.45) is 0 Å². The van der Waals surface area contributed by atoms with Crippen molar-refractivity contribution in [2.75, 3.05) is 37.1 Å². The molecule has 1 aliphatic carbocycles. The van der Waals surface area contributed by atoms with Crippen molar-refractivity contribution in [3.05, 3.63) is 0 Å². The van der Waals surface area contributed by atoms with E-state index in [1.54, 1.807) is 11.8 Å². The summed E-state index contributed by atoms with van der Waals surface area (Å²) >= 11 is 5.70. The second kappa shape index (κ2) is 14.2. The maximum atomic E-state index is 11.8. The van der Waals surface area contributed by atoms with Crippen molar-refractivity contribution >= 4 is 47.1 Å². The Labute approximate surface area is 159 Å². The zero-order chi connectivity index (χ0) is 17.6. The lowest BCUT2D eigenvalue weighted by Gasteiger charge is -2.34. The molecule has 2 unspecified atom stereocenters. The van der Waals surface area contributed by atoms with Crippen molar-refractivity contribution in [3.63, 3.8) is 0 Å². The molecule has 0 radical (unpaired) electrons. The molecule has 2 amide bonds. The highest BCUT2D eigenvalue weighted by molar-refractivity contribution is 8.03. The van der Waals surface area contributed by atoms with Gasteiger partial charge in [0.25, 0.3) is 0 Å². The molecule has 0 aromatic heterocycles. The van der Waals surface area contributed by atoms with Crippen molar-refractivity contribution in [3.8, 4) is 0 Å². The number of hydrogen-bond donors (Lipinski definition) is 2. The summed E-state index contributed by atoms with van der Waals surface area (Å²) in [6.45, 7) is 1.53. The van der Waals surface area contributed by atoms with Crippen LogP contribution in [0.2, 0.25) is 0 Å². The van der Waals surface area contributed by atoms with E-state index in [4.69, 9.17) is 0 Å². The van der Waals surface area contributed by atoms with E-state index >= 15 is 0 Å². The standard InChI is InChI=1S/C17H32N2O2S3/c1-22-12-10-18-16(20)6-4-3-5-7-17(21)19-11-13-24-15-9-8-14(15)23-2/h14-15H,3-13H2,1-2H3,(H,18,20)(H,19,21). The predicted octanol–water partition coefficient (Wildman–Crippen LogP) is 3.16. The van der Waals surface area contributed by atoms with E-state index in [1.807, 2.05) is 29.8 Å². The average Bonchev–Trinajstić information content (AvgIpc) is 2.54. The summed E-state index contributed by atoms with van der Waals surface area (Å²) in [7, 11) is 0. The summed E-state index contributed by atoms with van der Waals surface area (Å²) in [4.78, 5) is 23.3. The number of amides is 2. The first-order valence-corrected chi connectivity index (χ1v) is 12.6. The minimum atomic E-state index is 0.130. The highest BCUT2D eigenvalue weighted by Gasteiger charge is 2.29. The highest BCUT2D eigenvalue weighted by Crippen LogP contribution is 2.38. The summed E-state index contributed by atoms with van der Waals surface area (Å²) < 4.78 is 0. The van der Waals surface area contributed by atoms with Crippen LogP contribution in [0.1, 0.15) is 44.9 Å². The van der Waals surface area contributed by atoms with Gasteiger partial charge in [-0.15, -0.1) is 0 Å². The van der Waals surface area contributed by atoms with E-state index < -0.39 is 0 Å². The molecule has 7 heteroatoms. The lowest BCUT2D eigenvalue weighted by Crippen LogP contribution is -2.33. The molecule has 4 nitrogen and oxygen atoms in total. The molecule has 0 aromatic rings. The Hall–Kier alpha value is -0.0100. The van der Waals surface area contributed by atoms with Gasteiger partial charge in [-0.25, -0.2) is 0 Å². The molecular weight excluding hydrogens is 360 g/mol. The maximum absolute atomic E-state index is 11.8. The molecule has 24 heavy (non-hydrogen) atoms. The number of nitrogens with one attached hydrogen (secondary N) is 2. The van der Waals surface area contributed by atoms with Gasteiger partial charge < -0.3 is 10.6 Å². The van der Waals surface area contributed by atoms with Crippen LogP contribution >= 0.6 is 35.3 Å².